The molecule has 1 aromatic heterocycles. The third kappa shape index (κ3) is 3.01. The van der Waals surface area contributed by atoms with E-state index >= 15 is 0 Å². The lowest BCUT2D eigenvalue weighted by atomic mass is 10.2. The lowest BCUT2D eigenvalue weighted by Gasteiger charge is -2.12. The van der Waals surface area contributed by atoms with Crippen molar-refractivity contribution >= 4 is 0 Å². The summed E-state index contributed by atoms with van der Waals surface area (Å²) in [5, 5.41) is 2.95. The Morgan fingerprint density at radius 3 is 2.33 bits per heavy atom. The van der Waals surface area contributed by atoms with Crippen LogP contribution in [0.5, 0.6) is 5.75 Å². The number of benzene rings is 1. The minimum absolute atomic E-state index is 0.106. The molecule has 0 bridgehead atoms. The number of halogens is 1. The Hall–Kier alpha value is -2.01. The highest BCUT2D eigenvalue weighted by molar-refractivity contribution is 5.54. The zero-order chi connectivity index (χ0) is 13.0. The van der Waals surface area contributed by atoms with Gasteiger partial charge in [-0.15, -0.1) is 0 Å². The fourth-order valence-electron chi connectivity index (χ4n) is 1.39. The van der Waals surface area contributed by atoms with Gasteiger partial charge in [-0.3, -0.25) is 5.32 Å². The molecule has 0 saturated carbocycles. The van der Waals surface area contributed by atoms with E-state index in [4.69, 9.17) is 4.74 Å². The molecule has 0 spiro atoms. The van der Waals surface area contributed by atoms with Gasteiger partial charge in [-0.2, -0.15) is 0 Å². The van der Waals surface area contributed by atoms with Gasteiger partial charge >= 0.3 is 0 Å². The van der Waals surface area contributed by atoms with Crippen molar-refractivity contribution in [3.8, 4) is 17.1 Å². The molecule has 1 heterocycles. The van der Waals surface area contributed by atoms with E-state index in [-0.39, 0.29) is 12.0 Å². The summed E-state index contributed by atoms with van der Waals surface area (Å²) in [6.45, 7) is 1.88. The average Bonchev–Trinajstić information content (AvgIpc) is 2.40. The zero-order valence-electron chi connectivity index (χ0n) is 10.2. The van der Waals surface area contributed by atoms with Gasteiger partial charge in [-0.1, -0.05) is 0 Å². The van der Waals surface area contributed by atoms with Crippen LogP contribution in [-0.2, 0) is 0 Å². The lowest BCUT2D eigenvalue weighted by molar-refractivity contribution is 0.192. The van der Waals surface area contributed by atoms with Crippen LogP contribution in [0.1, 0.15) is 6.92 Å². The monoisotopic (exact) mass is 247 g/mol. The molecule has 0 saturated heterocycles. The van der Waals surface area contributed by atoms with Crippen molar-refractivity contribution < 1.29 is 9.13 Å². The van der Waals surface area contributed by atoms with Crippen LogP contribution in [0.15, 0.2) is 36.7 Å². The number of nitrogens with zero attached hydrogens (tertiary/aromatic N) is 2. The molecule has 0 aliphatic carbocycles. The fourth-order valence-corrected chi connectivity index (χ4v) is 1.39. The van der Waals surface area contributed by atoms with E-state index in [1.807, 2.05) is 6.92 Å². The van der Waals surface area contributed by atoms with Gasteiger partial charge in [0.2, 0.25) is 0 Å². The maximum Gasteiger partial charge on any atom is 0.159 e. The van der Waals surface area contributed by atoms with Crippen LogP contribution in [0.2, 0.25) is 0 Å². The summed E-state index contributed by atoms with van der Waals surface area (Å²) in [5.74, 6) is 0.851. The van der Waals surface area contributed by atoms with E-state index < -0.39 is 0 Å². The first kappa shape index (κ1) is 12.4. The van der Waals surface area contributed by atoms with Crippen molar-refractivity contribution in [3.63, 3.8) is 0 Å². The second kappa shape index (κ2) is 5.55. The molecule has 1 N–H and O–H groups in total. The molecule has 0 amide bonds. The van der Waals surface area contributed by atoms with Crippen LogP contribution in [0.4, 0.5) is 4.39 Å². The second-order valence-electron chi connectivity index (χ2n) is 3.80. The van der Waals surface area contributed by atoms with E-state index in [9.17, 15) is 4.39 Å². The molecule has 18 heavy (non-hydrogen) atoms. The molecule has 1 atom stereocenters. The van der Waals surface area contributed by atoms with Crippen molar-refractivity contribution in [2.24, 2.45) is 0 Å². The van der Waals surface area contributed by atoms with Crippen molar-refractivity contribution in [2.45, 2.75) is 13.2 Å². The standard InChI is InChI=1S/C13H14FN3O/c1-9(15-2)18-12-7-16-13(17-8-12)10-3-5-11(14)6-4-10/h3-9,15H,1-2H3. The molecule has 94 valence electrons. The number of hydrogen-bond donors (Lipinski definition) is 1. The lowest BCUT2D eigenvalue weighted by Crippen LogP contribution is -2.27. The van der Waals surface area contributed by atoms with Gasteiger partial charge in [0.05, 0.1) is 12.4 Å². The Labute approximate surface area is 105 Å². The summed E-state index contributed by atoms with van der Waals surface area (Å²) >= 11 is 0. The van der Waals surface area contributed by atoms with Crippen LogP contribution in [0, 0.1) is 5.82 Å². The number of hydrogen-bond acceptors (Lipinski definition) is 4. The molecule has 0 radical (unpaired) electrons. The van der Waals surface area contributed by atoms with Gasteiger partial charge in [0.15, 0.2) is 11.6 Å². The molecule has 0 aliphatic heterocycles. The van der Waals surface area contributed by atoms with Crippen LogP contribution in [-0.4, -0.2) is 23.2 Å². The molecule has 1 aromatic carbocycles. The van der Waals surface area contributed by atoms with Crippen molar-refractivity contribution in [1.82, 2.24) is 15.3 Å². The first-order valence-corrected chi connectivity index (χ1v) is 5.61. The quantitative estimate of drug-likeness (QED) is 0.842. The van der Waals surface area contributed by atoms with Crippen molar-refractivity contribution in [3.05, 3.63) is 42.5 Å². The summed E-state index contributed by atoms with van der Waals surface area (Å²) in [7, 11) is 1.80. The van der Waals surface area contributed by atoms with E-state index in [1.54, 1.807) is 31.6 Å². The Kier molecular flexibility index (Phi) is 3.84. The normalized spacial score (nSPS) is 12.2. The van der Waals surface area contributed by atoms with Crippen LogP contribution < -0.4 is 10.1 Å². The van der Waals surface area contributed by atoms with Gasteiger partial charge in [0.1, 0.15) is 12.0 Å². The minimum Gasteiger partial charge on any atom is -0.472 e. The van der Waals surface area contributed by atoms with Crippen molar-refractivity contribution in [1.29, 1.82) is 0 Å². The molecule has 0 fully saturated rings. The van der Waals surface area contributed by atoms with Crippen LogP contribution in [0.25, 0.3) is 11.4 Å². The third-order valence-corrected chi connectivity index (χ3v) is 2.45. The van der Waals surface area contributed by atoms with E-state index in [1.165, 1.54) is 12.1 Å². The number of ether oxygens (including phenoxy) is 1. The van der Waals surface area contributed by atoms with Gasteiger partial charge in [0, 0.05) is 5.56 Å². The summed E-state index contributed by atoms with van der Waals surface area (Å²) in [5.41, 5.74) is 0.768. The Balaban J connectivity index is 2.14. The predicted molar refractivity (Wildman–Crippen MR) is 66.6 cm³/mol. The molecule has 2 aromatic rings. The topological polar surface area (TPSA) is 47.0 Å². The number of nitrogens with one attached hydrogen (secondary N) is 1. The molecule has 5 heteroatoms. The Bertz CT molecular complexity index is 499. The third-order valence-electron chi connectivity index (χ3n) is 2.45. The van der Waals surface area contributed by atoms with E-state index in [0.717, 1.165) is 5.56 Å². The summed E-state index contributed by atoms with van der Waals surface area (Å²) in [6.07, 6.45) is 3.09. The van der Waals surface area contributed by atoms with Gasteiger partial charge in [0.25, 0.3) is 0 Å². The molecule has 4 nitrogen and oxygen atoms in total. The van der Waals surface area contributed by atoms with Gasteiger partial charge < -0.3 is 4.74 Å². The van der Waals surface area contributed by atoms with Crippen LogP contribution >= 0.6 is 0 Å². The van der Waals surface area contributed by atoms with Gasteiger partial charge in [-0.25, -0.2) is 14.4 Å². The first-order valence-electron chi connectivity index (χ1n) is 5.61. The average molecular weight is 247 g/mol. The highest BCUT2D eigenvalue weighted by Crippen LogP contribution is 2.17. The fraction of sp³-hybridized carbons (Fsp3) is 0.231. The predicted octanol–water partition coefficient (Wildman–Crippen LogP) is 2.23. The molecule has 0 aliphatic rings. The maximum absolute atomic E-state index is 12.8. The Morgan fingerprint density at radius 2 is 1.78 bits per heavy atom. The molecule has 1 unspecified atom stereocenters. The molecular weight excluding hydrogens is 233 g/mol. The minimum atomic E-state index is -0.276. The van der Waals surface area contributed by atoms with Gasteiger partial charge in [-0.05, 0) is 38.2 Å². The smallest absolute Gasteiger partial charge is 0.159 e. The Morgan fingerprint density at radius 1 is 1.17 bits per heavy atom. The molecular formula is C13H14FN3O. The van der Waals surface area contributed by atoms with Crippen molar-refractivity contribution in [2.75, 3.05) is 7.05 Å². The highest BCUT2D eigenvalue weighted by atomic mass is 19.1. The SMILES string of the molecule is CNC(C)Oc1cnc(-c2ccc(F)cc2)nc1. The second-order valence-corrected chi connectivity index (χ2v) is 3.80. The summed E-state index contributed by atoms with van der Waals surface area (Å²) in [6, 6.07) is 6.04. The van der Waals surface area contributed by atoms with E-state index in [0.29, 0.717) is 11.6 Å². The highest BCUT2D eigenvalue weighted by Gasteiger charge is 2.04. The largest absolute Gasteiger partial charge is 0.472 e. The summed E-state index contributed by atoms with van der Waals surface area (Å²) < 4.78 is 18.3. The van der Waals surface area contributed by atoms with Crippen LogP contribution in [0.3, 0.4) is 0 Å². The van der Waals surface area contributed by atoms with E-state index in [2.05, 4.69) is 15.3 Å². The zero-order valence-corrected chi connectivity index (χ0v) is 10.2. The number of rotatable bonds is 4. The molecule has 2 rings (SSSR count). The summed E-state index contributed by atoms with van der Waals surface area (Å²) in [4.78, 5) is 8.36. The number of aromatic nitrogens is 2. The first-order chi connectivity index (χ1) is 8.69. The maximum atomic E-state index is 12.8.